The number of fused-ring (bicyclic) bond motifs is 1. The van der Waals surface area contributed by atoms with Crippen LogP contribution in [0.1, 0.15) is 16.2 Å². The number of carbonyl (C=O) groups is 1. The Bertz CT molecular complexity index is 607. The van der Waals surface area contributed by atoms with Crippen molar-refractivity contribution in [2.45, 2.75) is 13.2 Å². The highest BCUT2D eigenvalue weighted by Crippen LogP contribution is 2.17. The largest absolute Gasteiger partial charge is 0.487 e. The maximum atomic E-state index is 11.6. The van der Waals surface area contributed by atoms with E-state index in [1.54, 1.807) is 35.0 Å². The molecule has 0 bridgehead atoms. The molecule has 2 heterocycles. The molecule has 0 unspecified atom stereocenters. The maximum Gasteiger partial charge on any atom is 0.269 e. The lowest BCUT2D eigenvalue weighted by atomic mass is 10.3. The molecule has 1 amide bonds. The fourth-order valence-corrected chi connectivity index (χ4v) is 2.07. The summed E-state index contributed by atoms with van der Waals surface area (Å²) < 4.78 is 7.30. The highest BCUT2D eigenvalue weighted by Gasteiger charge is 2.19. The summed E-state index contributed by atoms with van der Waals surface area (Å²) in [4.78, 5) is 11.6. The Balaban J connectivity index is 1.70. The van der Waals surface area contributed by atoms with Gasteiger partial charge in [0.05, 0.1) is 6.54 Å². The number of halogens is 1. The lowest BCUT2D eigenvalue weighted by Gasteiger charge is -2.13. The Labute approximate surface area is 115 Å². The monoisotopic (exact) mass is 277 g/mol. The van der Waals surface area contributed by atoms with Gasteiger partial charge in [0.25, 0.3) is 5.91 Å². The molecular weight excluding hydrogens is 266 g/mol. The summed E-state index contributed by atoms with van der Waals surface area (Å²) in [5.74, 6) is 0.635. The van der Waals surface area contributed by atoms with Crippen molar-refractivity contribution in [2.24, 2.45) is 0 Å². The smallest absolute Gasteiger partial charge is 0.269 e. The van der Waals surface area contributed by atoms with E-state index in [9.17, 15) is 4.79 Å². The van der Waals surface area contributed by atoms with Gasteiger partial charge < -0.3 is 10.1 Å². The third-order valence-electron chi connectivity index (χ3n) is 2.87. The van der Waals surface area contributed by atoms with Crippen LogP contribution in [0.25, 0.3) is 0 Å². The van der Waals surface area contributed by atoms with Crippen molar-refractivity contribution in [3.63, 3.8) is 0 Å². The zero-order valence-electron chi connectivity index (χ0n) is 10.1. The molecule has 3 rings (SSSR count). The fraction of sp³-hybridized carbons (Fsp3) is 0.231. The highest BCUT2D eigenvalue weighted by molar-refractivity contribution is 6.30. The first kappa shape index (κ1) is 12.0. The second kappa shape index (κ2) is 4.93. The van der Waals surface area contributed by atoms with Crippen LogP contribution in [0.2, 0.25) is 5.02 Å². The molecule has 0 radical (unpaired) electrons. The molecule has 98 valence electrons. The SMILES string of the molecule is O=C1NCCn2nc(COc3ccc(Cl)cc3)cc21. The van der Waals surface area contributed by atoms with Crippen LogP contribution in [-0.4, -0.2) is 22.2 Å². The van der Waals surface area contributed by atoms with Gasteiger partial charge in [0, 0.05) is 11.6 Å². The van der Waals surface area contributed by atoms with Crippen molar-refractivity contribution >= 4 is 17.5 Å². The number of amides is 1. The van der Waals surface area contributed by atoms with Gasteiger partial charge in [-0.3, -0.25) is 9.48 Å². The van der Waals surface area contributed by atoms with E-state index in [0.29, 0.717) is 30.4 Å². The van der Waals surface area contributed by atoms with Gasteiger partial charge in [0.1, 0.15) is 23.7 Å². The molecule has 0 saturated heterocycles. The highest BCUT2D eigenvalue weighted by atomic mass is 35.5. The third-order valence-corrected chi connectivity index (χ3v) is 3.12. The normalized spacial score (nSPS) is 13.8. The molecule has 0 spiro atoms. The first-order valence-corrected chi connectivity index (χ1v) is 6.33. The minimum Gasteiger partial charge on any atom is -0.487 e. The number of hydrogen-bond acceptors (Lipinski definition) is 3. The van der Waals surface area contributed by atoms with E-state index >= 15 is 0 Å². The molecule has 2 aromatic rings. The Morgan fingerprint density at radius 2 is 2.16 bits per heavy atom. The summed E-state index contributed by atoms with van der Waals surface area (Å²) in [6.45, 7) is 1.64. The summed E-state index contributed by atoms with van der Waals surface area (Å²) in [7, 11) is 0. The molecule has 0 atom stereocenters. The van der Waals surface area contributed by atoms with Crippen LogP contribution in [0.5, 0.6) is 5.75 Å². The third kappa shape index (κ3) is 2.56. The van der Waals surface area contributed by atoms with Gasteiger partial charge in [0.15, 0.2) is 0 Å². The minimum absolute atomic E-state index is 0.0866. The van der Waals surface area contributed by atoms with Gasteiger partial charge in [-0.15, -0.1) is 0 Å². The lowest BCUT2D eigenvalue weighted by Crippen LogP contribution is -2.35. The van der Waals surface area contributed by atoms with E-state index in [2.05, 4.69) is 10.4 Å². The Morgan fingerprint density at radius 3 is 2.89 bits per heavy atom. The van der Waals surface area contributed by atoms with E-state index in [1.165, 1.54) is 0 Å². The quantitative estimate of drug-likeness (QED) is 0.932. The Kier molecular flexibility index (Phi) is 3.13. The van der Waals surface area contributed by atoms with E-state index in [1.807, 2.05) is 0 Å². The van der Waals surface area contributed by atoms with E-state index in [-0.39, 0.29) is 5.91 Å². The number of rotatable bonds is 3. The lowest BCUT2D eigenvalue weighted by molar-refractivity contribution is 0.0924. The average molecular weight is 278 g/mol. The Hall–Kier alpha value is -2.01. The van der Waals surface area contributed by atoms with Crippen LogP contribution in [0.15, 0.2) is 30.3 Å². The summed E-state index contributed by atoms with van der Waals surface area (Å²) in [5, 5.41) is 7.78. The zero-order valence-corrected chi connectivity index (χ0v) is 10.9. The number of aromatic nitrogens is 2. The molecule has 0 fully saturated rings. The van der Waals surface area contributed by atoms with Gasteiger partial charge in [-0.25, -0.2) is 0 Å². The number of benzene rings is 1. The summed E-state index contributed by atoms with van der Waals surface area (Å²) in [6.07, 6.45) is 0. The van der Waals surface area contributed by atoms with Crippen LogP contribution in [-0.2, 0) is 13.2 Å². The second-order valence-corrected chi connectivity index (χ2v) is 4.68. The molecule has 0 saturated carbocycles. The topological polar surface area (TPSA) is 56.2 Å². The fourth-order valence-electron chi connectivity index (χ4n) is 1.95. The van der Waals surface area contributed by atoms with Gasteiger partial charge in [0.2, 0.25) is 0 Å². The van der Waals surface area contributed by atoms with E-state index in [4.69, 9.17) is 16.3 Å². The molecule has 1 aromatic carbocycles. The molecule has 1 aromatic heterocycles. The van der Waals surface area contributed by atoms with Crippen LogP contribution in [0.3, 0.4) is 0 Å². The van der Waals surface area contributed by atoms with Gasteiger partial charge in [-0.2, -0.15) is 5.10 Å². The standard InChI is InChI=1S/C13H12ClN3O2/c14-9-1-3-11(4-2-9)19-8-10-7-12-13(18)15-5-6-17(12)16-10/h1-4,7H,5-6,8H2,(H,15,18). The number of nitrogens with one attached hydrogen (secondary N) is 1. The molecule has 0 aliphatic carbocycles. The number of nitrogens with zero attached hydrogens (tertiary/aromatic N) is 2. The van der Waals surface area contributed by atoms with Gasteiger partial charge >= 0.3 is 0 Å². The molecule has 1 aliphatic rings. The summed E-state index contributed by atoms with van der Waals surface area (Å²) in [6, 6.07) is 8.88. The minimum atomic E-state index is -0.0866. The van der Waals surface area contributed by atoms with Crippen molar-refractivity contribution in [3.8, 4) is 5.75 Å². The van der Waals surface area contributed by atoms with Crippen molar-refractivity contribution in [1.29, 1.82) is 0 Å². The van der Waals surface area contributed by atoms with Gasteiger partial charge in [-0.1, -0.05) is 11.6 Å². The van der Waals surface area contributed by atoms with Crippen LogP contribution in [0, 0.1) is 0 Å². The van der Waals surface area contributed by atoms with Crippen LogP contribution in [0.4, 0.5) is 0 Å². The summed E-state index contributed by atoms with van der Waals surface area (Å²) in [5.41, 5.74) is 1.32. The van der Waals surface area contributed by atoms with Crippen molar-refractivity contribution < 1.29 is 9.53 Å². The summed E-state index contributed by atoms with van der Waals surface area (Å²) >= 11 is 5.80. The zero-order chi connectivity index (χ0) is 13.2. The first-order chi connectivity index (χ1) is 9.22. The maximum absolute atomic E-state index is 11.6. The molecule has 5 nitrogen and oxygen atoms in total. The predicted octanol–water partition coefficient (Wildman–Crippen LogP) is 1.86. The van der Waals surface area contributed by atoms with Crippen LogP contribution < -0.4 is 10.1 Å². The number of hydrogen-bond donors (Lipinski definition) is 1. The van der Waals surface area contributed by atoms with Gasteiger partial charge in [-0.05, 0) is 30.3 Å². The van der Waals surface area contributed by atoms with Crippen molar-refractivity contribution in [3.05, 3.63) is 46.7 Å². The molecule has 19 heavy (non-hydrogen) atoms. The van der Waals surface area contributed by atoms with Crippen molar-refractivity contribution in [1.82, 2.24) is 15.1 Å². The van der Waals surface area contributed by atoms with E-state index in [0.717, 1.165) is 11.4 Å². The van der Waals surface area contributed by atoms with E-state index < -0.39 is 0 Å². The predicted molar refractivity (Wildman–Crippen MR) is 70.3 cm³/mol. The number of carbonyl (C=O) groups excluding carboxylic acids is 1. The Morgan fingerprint density at radius 1 is 1.37 bits per heavy atom. The second-order valence-electron chi connectivity index (χ2n) is 4.24. The molecular formula is C13H12ClN3O2. The average Bonchev–Trinajstić information content (AvgIpc) is 2.83. The number of ether oxygens (including phenoxy) is 1. The van der Waals surface area contributed by atoms with Crippen molar-refractivity contribution in [2.75, 3.05) is 6.54 Å². The molecule has 6 heteroatoms. The first-order valence-electron chi connectivity index (χ1n) is 5.96. The molecule has 1 aliphatic heterocycles. The van der Waals surface area contributed by atoms with Crippen LogP contribution >= 0.6 is 11.6 Å². The molecule has 1 N–H and O–H groups in total.